The Kier molecular flexibility index (Phi) is 7.04. The van der Waals surface area contributed by atoms with Crippen molar-refractivity contribution in [3.8, 4) is 5.75 Å². The first kappa shape index (κ1) is 22.9. The van der Waals surface area contributed by atoms with E-state index in [0.29, 0.717) is 23.1 Å². The Morgan fingerprint density at radius 3 is 2.39 bits per heavy atom. The Morgan fingerprint density at radius 1 is 1.00 bits per heavy atom. The van der Waals surface area contributed by atoms with Crippen molar-refractivity contribution in [1.29, 1.82) is 0 Å². The monoisotopic (exact) mass is 482 g/mol. The maximum Gasteiger partial charge on any atom is 0.261 e. The molecule has 3 rings (SSSR count). The topological polar surface area (TPSA) is 84.5 Å². The Balaban J connectivity index is 1.86. The second kappa shape index (κ2) is 9.55. The third-order valence-corrected chi connectivity index (χ3v) is 6.03. The zero-order valence-electron chi connectivity index (χ0n) is 16.2. The highest BCUT2D eigenvalue weighted by atomic mass is 35.5. The van der Waals surface area contributed by atoms with Gasteiger partial charge in [-0.15, -0.1) is 0 Å². The summed E-state index contributed by atoms with van der Waals surface area (Å²) in [5, 5.41) is 3.18. The summed E-state index contributed by atoms with van der Waals surface area (Å²) in [5.41, 5.74) is 0.501. The zero-order valence-corrected chi connectivity index (χ0v) is 18.5. The van der Waals surface area contributed by atoms with Gasteiger partial charge < -0.3 is 10.1 Å². The third kappa shape index (κ3) is 5.66. The molecule has 0 saturated heterocycles. The summed E-state index contributed by atoms with van der Waals surface area (Å²) in [6.07, 6.45) is 0. The Morgan fingerprint density at radius 2 is 1.71 bits per heavy atom. The second-order valence-electron chi connectivity index (χ2n) is 6.28. The van der Waals surface area contributed by atoms with E-state index >= 15 is 0 Å². The molecule has 0 aliphatic carbocycles. The number of carbonyl (C=O) groups excluding carboxylic acids is 1. The lowest BCUT2D eigenvalue weighted by atomic mass is 10.2. The molecule has 0 aliphatic rings. The van der Waals surface area contributed by atoms with Crippen LogP contribution in [0.25, 0.3) is 0 Å². The molecule has 162 valence electrons. The summed E-state index contributed by atoms with van der Waals surface area (Å²) in [6, 6.07) is 13.2. The van der Waals surface area contributed by atoms with Crippen molar-refractivity contribution in [2.24, 2.45) is 0 Å². The molecule has 0 fully saturated rings. The molecule has 6 nitrogen and oxygen atoms in total. The van der Waals surface area contributed by atoms with Crippen LogP contribution in [0.15, 0.2) is 65.6 Å². The average molecular weight is 483 g/mol. The molecule has 0 unspecified atom stereocenters. The fourth-order valence-electron chi connectivity index (χ4n) is 2.64. The highest BCUT2D eigenvalue weighted by Crippen LogP contribution is 2.30. The zero-order chi connectivity index (χ0) is 22.6. The molecule has 0 atom stereocenters. The van der Waals surface area contributed by atoms with E-state index in [1.54, 1.807) is 25.1 Å². The number of ether oxygens (including phenoxy) is 1. The van der Waals surface area contributed by atoms with Crippen LogP contribution >= 0.6 is 23.2 Å². The van der Waals surface area contributed by atoms with Crippen molar-refractivity contribution in [3.63, 3.8) is 0 Å². The molecule has 0 radical (unpaired) electrons. The highest BCUT2D eigenvalue weighted by Gasteiger charge is 2.18. The van der Waals surface area contributed by atoms with Gasteiger partial charge in [-0.2, -0.15) is 0 Å². The SMILES string of the molecule is CCOc1ccc(Cl)cc1NC(=O)c1ccc(Cl)c(NS(=O)(=O)c2ccc(F)cc2)c1. The summed E-state index contributed by atoms with van der Waals surface area (Å²) >= 11 is 12.1. The minimum atomic E-state index is -4.04. The van der Waals surface area contributed by atoms with Crippen molar-refractivity contribution in [2.75, 3.05) is 16.6 Å². The second-order valence-corrected chi connectivity index (χ2v) is 8.81. The standard InChI is InChI=1S/C21H17Cl2FN2O4S/c1-2-30-20-10-4-14(22)12-19(20)25-21(27)13-3-9-17(23)18(11-13)26-31(28,29)16-7-5-15(24)6-8-16/h3-12,26H,2H2,1H3,(H,25,27). The number of amides is 1. The molecule has 0 heterocycles. The van der Waals surface area contributed by atoms with Crippen molar-refractivity contribution in [3.05, 3.63) is 82.1 Å². The van der Waals surface area contributed by atoms with Gasteiger partial charge in [-0.3, -0.25) is 9.52 Å². The Hall–Kier alpha value is -2.81. The molecule has 2 N–H and O–H groups in total. The molecule has 0 aromatic heterocycles. The molecule has 1 amide bonds. The molecule has 0 saturated carbocycles. The van der Waals surface area contributed by atoms with Gasteiger partial charge in [-0.05, 0) is 67.6 Å². The van der Waals surface area contributed by atoms with Crippen LogP contribution in [0.4, 0.5) is 15.8 Å². The van der Waals surface area contributed by atoms with Crippen LogP contribution in [0.3, 0.4) is 0 Å². The van der Waals surface area contributed by atoms with Crippen LogP contribution < -0.4 is 14.8 Å². The first-order valence-corrected chi connectivity index (χ1v) is 11.2. The summed E-state index contributed by atoms with van der Waals surface area (Å²) in [4.78, 5) is 12.6. The van der Waals surface area contributed by atoms with Crippen molar-refractivity contribution >= 4 is 50.5 Å². The van der Waals surface area contributed by atoms with E-state index in [1.807, 2.05) is 0 Å². The lowest BCUT2D eigenvalue weighted by Gasteiger charge is -2.14. The van der Waals surface area contributed by atoms with Gasteiger partial charge in [0.15, 0.2) is 0 Å². The first-order chi connectivity index (χ1) is 14.7. The van der Waals surface area contributed by atoms with Crippen LogP contribution in [0.5, 0.6) is 5.75 Å². The van der Waals surface area contributed by atoms with E-state index < -0.39 is 21.7 Å². The third-order valence-electron chi connectivity index (χ3n) is 4.09. The molecule has 3 aromatic carbocycles. The van der Waals surface area contributed by atoms with Gasteiger partial charge in [0.25, 0.3) is 15.9 Å². The summed E-state index contributed by atoms with van der Waals surface area (Å²) < 4.78 is 46.0. The van der Waals surface area contributed by atoms with Crippen LogP contribution in [0.2, 0.25) is 10.0 Å². The number of rotatable bonds is 7. The number of carbonyl (C=O) groups is 1. The van der Waals surface area contributed by atoms with Crippen LogP contribution in [-0.2, 0) is 10.0 Å². The maximum absolute atomic E-state index is 13.1. The van der Waals surface area contributed by atoms with Crippen LogP contribution in [0.1, 0.15) is 17.3 Å². The van der Waals surface area contributed by atoms with Gasteiger partial charge >= 0.3 is 0 Å². The fourth-order valence-corrected chi connectivity index (χ4v) is 4.10. The van der Waals surface area contributed by atoms with Crippen LogP contribution in [-0.4, -0.2) is 20.9 Å². The number of halogens is 3. The molecule has 0 spiro atoms. The van der Waals surface area contributed by atoms with Gasteiger partial charge in [0.05, 0.1) is 27.9 Å². The van der Waals surface area contributed by atoms with E-state index in [4.69, 9.17) is 27.9 Å². The minimum absolute atomic E-state index is 0.00484. The van der Waals surface area contributed by atoms with E-state index in [1.165, 1.54) is 18.2 Å². The molecular formula is C21H17Cl2FN2O4S. The predicted octanol–water partition coefficient (Wildman–Crippen LogP) is 5.58. The first-order valence-electron chi connectivity index (χ1n) is 9.01. The summed E-state index contributed by atoms with van der Waals surface area (Å²) in [5.74, 6) is -0.656. The number of hydrogen-bond donors (Lipinski definition) is 2. The lowest BCUT2D eigenvalue weighted by Crippen LogP contribution is -2.16. The molecule has 3 aromatic rings. The smallest absolute Gasteiger partial charge is 0.261 e. The number of nitrogens with one attached hydrogen (secondary N) is 2. The van der Waals surface area contributed by atoms with Gasteiger partial charge in [0.2, 0.25) is 0 Å². The van der Waals surface area contributed by atoms with Gasteiger partial charge in [-0.1, -0.05) is 23.2 Å². The van der Waals surface area contributed by atoms with Gasteiger partial charge in [-0.25, -0.2) is 12.8 Å². The fraction of sp³-hybridized carbons (Fsp3) is 0.0952. The van der Waals surface area contributed by atoms with Gasteiger partial charge in [0, 0.05) is 10.6 Å². The van der Waals surface area contributed by atoms with E-state index in [-0.39, 0.29) is 21.2 Å². The van der Waals surface area contributed by atoms with E-state index in [9.17, 15) is 17.6 Å². The minimum Gasteiger partial charge on any atom is -0.492 e. The predicted molar refractivity (Wildman–Crippen MR) is 119 cm³/mol. The number of sulfonamides is 1. The molecule has 31 heavy (non-hydrogen) atoms. The molecular weight excluding hydrogens is 466 g/mol. The Labute approximate surface area is 189 Å². The number of anilines is 2. The molecule has 0 bridgehead atoms. The quantitative estimate of drug-likeness (QED) is 0.459. The number of benzene rings is 3. The highest BCUT2D eigenvalue weighted by molar-refractivity contribution is 7.92. The molecule has 10 heteroatoms. The van der Waals surface area contributed by atoms with Gasteiger partial charge in [0.1, 0.15) is 11.6 Å². The van der Waals surface area contributed by atoms with Crippen molar-refractivity contribution < 1.29 is 22.3 Å². The van der Waals surface area contributed by atoms with E-state index in [2.05, 4.69) is 10.0 Å². The maximum atomic E-state index is 13.1. The average Bonchev–Trinajstić information content (AvgIpc) is 2.72. The largest absolute Gasteiger partial charge is 0.492 e. The number of hydrogen-bond acceptors (Lipinski definition) is 4. The van der Waals surface area contributed by atoms with Crippen molar-refractivity contribution in [2.45, 2.75) is 11.8 Å². The lowest BCUT2D eigenvalue weighted by molar-refractivity contribution is 0.102. The summed E-state index contributed by atoms with van der Waals surface area (Å²) in [6.45, 7) is 2.19. The Bertz CT molecular complexity index is 1220. The summed E-state index contributed by atoms with van der Waals surface area (Å²) in [7, 11) is -4.04. The van der Waals surface area contributed by atoms with Crippen LogP contribution in [0, 0.1) is 5.82 Å². The van der Waals surface area contributed by atoms with Crippen molar-refractivity contribution in [1.82, 2.24) is 0 Å². The molecule has 0 aliphatic heterocycles. The normalized spacial score (nSPS) is 11.1. The van der Waals surface area contributed by atoms with E-state index in [0.717, 1.165) is 24.3 Å².